The molecule has 2 fully saturated rings. The van der Waals surface area contributed by atoms with E-state index >= 15 is 0 Å². The van der Waals surface area contributed by atoms with Crippen molar-refractivity contribution in [3.8, 4) is 0 Å². The van der Waals surface area contributed by atoms with Crippen LogP contribution in [0.1, 0.15) is 32.1 Å². The Morgan fingerprint density at radius 2 is 1.89 bits per heavy atom. The van der Waals surface area contributed by atoms with Gasteiger partial charge in [-0.05, 0) is 57.0 Å². The Balaban J connectivity index is 1.58. The molecule has 0 bridgehead atoms. The number of benzene rings is 1. The van der Waals surface area contributed by atoms with Crippen LogP contribution in [0.5, 0.6) is 0 Å². The second-order valence-corrected chi connectivity index (χ2v) is 9.16. The lowest BCUT2D eigenvalue weighted by Gasteiger charge is -2.30. The van der Waals surface area contributed by atoms with Crippen molar-refractivity contribution in [3.05, 3.63) is 34.6 Å². The second-order valence-electron chi connectivity index (χ2n) is 7.30. The standard InChI is InChI=1S/C19H24FN3O3S/c20-14-6-7-15-17(13-14)27(25,26)18(16-5-4-11-23(15)16)19(24)21-8-12-22-9-2-1-3-10-22/h6-7,13H,1-5,8-12H2,(H,21,24). The number of carbonyl (C=O) groups is 1. The molecule has 0 unspecified atom stereocenters. The van der Waals surface area contributed by atoms with Crippen LogP contribution in [0.3, 0.4) is 0 Å². The molecule has 0 radical (unpaired) electrons. The molecule has 2 saturated heterocycles. The van der Waals surface area contributed by atoms with Gasteiger partial charge in [0, 0.05) is 25.3 Å². The molecule has 0 aliphatic carbocycles. The zero-order chi connectivity index (χ0) is 19.0. The van der Waals surface area contributed by atoms with Gasteiger partial charge in [0.25, 0.3) is 5.91 Å². The average Bonchev–Trinajstić information content (AvgIpc) is 3.11. The van der Waals surface area contributed by atoms with E-state index in [1.54, 1.807) is 0 Å². The predicted octanol–water partition coefficient (Wildman–Crippen LogP) is 2.03. The summed E-state index contributed by atoms with van der Waals surface area (Å²) in [7, 11) is -4.04. The third-order valence-electron chi connectivity index (χ3n) is 5.52. The summed E-state index contributed by atoms with van der Waals surface area (Å²) in [6, 6.07) is 3.76. The van der Waals surface area contributed by atoms with Crippen molar-refractivity contribution in [1.29, 1.82) is 0 Å². The number of carbonyl (C=O) groups excluding carboxylic acids is 1. The van der Waals surface area contributed by atoms with E-state index in [0.717, 1.165) is 38.4 Å². The number of anilines is 1. The summed E-state index contributed by atoms with van der Waals surface area (Å²) in [5.41, 5.74) is 0.998. The van der Waals surface area contributed by atoms with Gasteiger partial charge < -0.3 is 15.1 Å². The van der Waals surface area contributed by atoms with Crippen molar-refractivity contribution < 1.29 is 17.6 Å². The van der Waals surface area contributed by atoms with E-state index in [9.17, 15) is 17.6 Å². The number of amides is 1. The molecule has 3 aliphatic heterocycles. The first-order chi connectivity index (χ1) is 13.0. The summed E-state index contributed by atoms with van der Waals surface area (Å²) < 4.78 is 39.9. The number of likely N-dealkylation sites (tertiary alicyclic amines) is 1. The van der Waals surface area contributed by atoms with E-state index in [4.69, 9.17) is 0 Å². The molecule has 6 nitrogen and oxygen atoms in total. The Bertz CT molecular complexity index is 891. The van der Waals surface area contributed by atoms with E-state index < -0.39 is 21.6 Å². The fraction of sp³-hybridized carbons (Fsp3) is 0.526. The molecule has 8 heteroatoms. The second kappa shape index (κ2) is 7.24. The summed E-state index contributed by atoms with van der Waals surface area (Å²) in [6.45, 7) is 3.78. The van der Waals surface area contributed by atoms with Crippen molar-refractivity contribution in [2.45, 2.75) is 37.0 Å². The van der Waals surface area contributed by atoms with E-state index in [1.807, 2.05) is 4.90 Å². The number of allylic oxidation sites excluding steroid dienone is 1. The molecule has 146 valence electrons. The van der Waals surface area contributed by atoms with Gasteiger partial charge >= 0.3 is 0 Å². The van der Waals surface area contributed by atoms with Crippen molar-refractivity contribution >= 4 is 21.4 Å². The van der Waals surface area contributed by atoms with Gasteiger partial charge in [-0.15, -0.1) is 0 Å². The van der Waals surface area contributed by atoms with Gasteiger partial charge in [0.1, 0.15) is 5.82 Å². The van der Waals surface area contributed by atoms with Gasteiger partial charge in [-0.1, -0.05) is 6.42 Å². The van der Waals surface area contributed by atoms with Crippen molar-refractivity contribution in [3.63, 3.8) is 0 Å². The van der Waals surface area contributed by atoms with E-state index in [-0.39, 0.29) is 9.80 Å². The predicted molar refractivity (Wildman–Crippen MR) is 100 cm³/mol. The lowest BCUT2D eigenvalue weighted by Crippen LogP contribution is -2.40. The summed E-state index contributed by atoms with van der Waals surface area (Å²) >= 11 is 0. The Morgan fingerprint density at radius 1 is 1.11 bits per heavy atom. The molecule has 1 aromatic carbocycles. The van der Waals surface area contributed by atoms with E-state index in [0.29, 0.717) is 37.4 Å². The summed E-state index contributed by atoms with van der Waals surface area (Å²) in [5, 5.41) is 2.78. The Morgan fingerprint density at radius 3 is 2.67 bits per heavy atom. The van der Waals surface area contributed by atoms with Crippen LogP contribution >= 0.6 is 0 Å². The minimum Gasteiger partial charge on any atom is -0.350 e. The summed E-state index contributed by atoms with van der Waals surface area (Å²) in [5.74, 6) is -1.20. The minimum atomic E-state index is -4.04. The molecule has 3 heterocycles. The number of fused-ring (bicyclic) bond motifs is 3. The number of piperidine rings is 1. The fourth-order valence-corrected chi connectivity index (χ4v) is 5.99. The molecule has 0 saturated carbocycles. The maximum Gasteiger partial charge on any atom is 0.265 e. The van der Waals surface area contributed by atoms with Crippen LogP contribution in [0, 0.1) is 5.82 Å². The number of halogens is 1. The van der Waals surface area contributed by atoms with Crippen molar-refractivity contribution in [2.24, 2.45) is 0 Å². The average molecular weight is 393 g/mol. The van der Waals surface area contributed by atoms with Crippen LogP contribution in [0.25, 0.3) is 0 Å². The van der Waals surface area contributed by atoms with E-state index in [2.05, 4.69) is 10.2 Å². The molecule has 1 aromatic rings. The Labute approximate surface area is 158 Å². The highest BCUT2D eigenvalue weighted by Gasteiger charge is 2.41. The summed E-state index contributed by atoms with van der Waals surface area (Å²) in [6.07, 6.45) is 4.87. The Kier molecular flexibility index (Phi) is 4.94. The quantitative estimate of drug-likeness (QED) is 0.848. The molecule has 1 amide bonds. The highest BCUT2D eigenvalue weighted by atomic mass is 32.2. The molecule has 27 heavy (non-hydrogen) atoms. The zero-order valence-electron chi connectivity index (χ0n) is 15.2. The lowest BCUT2D eigenvalue weighted by molar-refractivity contribution is -0.117. The van der Waals surface area contributed by atoms with Crippen LogP contribution < -0.4 is 10.2 Å². The first kappa shape index (κ1) is 18.4. The van der Waals surface area contributed by atoms with Crippen molar-refractivity contribution in [2.75, 3.05) is 37.6 Å². The molecular formula is C19H24FN3O3S. The van der Waals surface area contributed by atoms with E-state index in [1.165, 1.54) is 18.6 Å². The smallest absolute Gasteiger partial charge is 0.265 e. The topological polar surface area (TPSA) is 69.7 Å². The fourth-order valence-electron chi connectivity index (χ4n) is 4.21. The number of hydrogen-bond acceptors (Lipinski definition) is 5. The largest absolute Gasteiger partial charge is 0.350 e. The maximum atomic E-state index is 13.7. The number of sulfone groups is 1. The van der Waals surface area contributed by atoms with Gasteiger partial charge in [-0.3, -0.25) is 4.79 Å². The van der Waals surface area contributed by atoms with Crippen LogP contribution in [-0.2, 0) is 14.6 Å². The number of nitrogens with one attached hydrogen (secondary N) is 1. The Hall–Kier alpha value is -1.93. The first-order valence-electron chi connectivity index (χ1n) is 9.54. The third-order valence-corrected chi connectivity index (χ3v) is 7.39. The summed E-state index contributed by atoms with van der Waals surface area (Å²) in [4.78, 5) is 16.6. The van der Waals surface area contributed by atoms with Crippen molar-refractivity contribution in [1.82, 2.24) is 10.2 Å². The lowest BCUT2D eigenvalue weighted by atomic mass is 10.1. The molecule has 1 N–H and O–H groups in total. The number of nitrogens with zero attached hydrogens (tertiary/aromatic N) is 2. The maximum absolute atomic E-state index is 13.7. The third kappa shape index (κ3) is 3.36. The van der Waals surface area contributed by atoms with Crippen LogP contribution in [0.4, 0.5) is 10.1 Å². The SMILES string of the molecule is O=C(NCCN1CCCCC1)C1=C2CCCN2c2ccc(F)cc2S1(=O)=O. The molecule has 4 rings (SSSR count). The van der Waals surface area contributed by atoms with Gasteiger partial charge in [-0.25, -0.2) is 12.8 Å². The first-order valence-corrected chi connectivity index (χ1v) is 11.0. The highest BCUT2D eigenvalue weighted by molar-refractivity contribution is 7.96. The minimum absolute atomic E-state index is 0.116. The molecule has 0 aromatic heterocycles. The van der Waals surface area contributed by atoms with Crippen LogP contribution in [0.2, 0.25) is 0 Å². The van der Waals surface area contributed by atoms with Gasteiger partial charge in [0.05, 0.1) is 10.6 Å². The normalized spacial score (nSPS) is 21.7. The molecular weight excluding hydrogens is 369 g/mol. The molecule has 0 atom stereocenters. The monoisotopic (exact) mass is 393 g/mol. The zero-order valence-corrected chi connectivity index (χ0v) is 16.0. The van der Waals surface area contributed by atoms with Crippen LogP contribution in [0.15, 0.2) is 33.7 Å². The van der Waals surface area contributed by atoms with Gasteiger partial charge in [0.2, 0.25) is 9.84 Å². The highest BCUT2D eigenvalue weighted by Crippen LogP contribution is 2.43. The molecule has 3 aliphatic rings. The number of rotatable bonds is 4. The molecule has 0 spiro atoms. The number of hydrogen-bond donors (Lipinski definition) is 1. The van der Waals surface area contributed by atoms with Crippen LogP contribution in [-0.4, -0.2) is 51.9 Å². The van der Waals surface area contributed by atoms with Gasteiger partial charge in [0.15, 0.2) is 4.91 Å². The van der Waals surface area contributed by atoms with Gasteiger partial charge in [-0.2, -0.15) is 0 Å².